The molecule has 2 fully saturated rings. The van der Waals surface area contributed by atoms with Crippen molar-refractivity contribution in [3.63, 3.8) is 0 Å². The van der Waals surface area contributed by atoms with Crippen molar-refractivity contribution >= 4 is 11.9 Å². The molecule has 2 N–H and O–H groups in total. The summed E-state index contributed by atoms with van der Waals surface area (Å²) in [5.41, 5.74) is 0. The van der Waals surface area contributed by atoms with E-state index in [1.54, 1.807) is 0 Å². The smallest absolute Gasteiger partial charge is 0.310 e. The van der Waals surface area contributed by atoms with Gasteiger partial charge < -0.3 is 4.90 Å². The summed E-state index contributed by atoms with van der Waals surface area (Å²) in [6, 6.07) is -2.32. The van der Waals surface area contributed by atoms with Gasteiger partial charge >= 0.3 is 6.03 Å². The summed E-state index contributed by atoms with van der Waals surface area (Å²) in [6.45, 7) is -5.55. The number of fused-ring (bicyclic) bond motifs is 1. The average Bonchev–Trinajstić information content (AvgIpc) is 2.58. The van der Waals surface area contributed by atoms with Gasteiger partial charge in [-0.25, -0.2) is 4.79 Å². The van der Waals surface area contributed by atoms with E-state index in [9.17, 15) is 9.59 Å². The summed E-state index contributed by atoms with van der Waals surface area (Å²) in [5, 5.41) is 4.45. The maximum Gasteiger partial charge on any atom is 0.325 e. The molecule has 2 unspecified atom stereocenters. The van der Waals surface area contributed by atoms with E-state index < -0.39 is 38.1 Å². The lowest BCUT2D eigenvalue weighted by atomic mass is 10.1. The maximum absolute atomic E-state index is 11.7. The molecule has 2 atom stereocenters. The molecule has 0 aromatic rings. The molecule has 0 bridgehead atoms. The molecule has 2 heterocycles. The second-order valence-electron chi connectivity index (χ2n) is 2.89. The molecule has 0 saturated carbocycles. The Morgan fingerprint density at radius 2 is 2.38 bits per heavy atom. The lowest BCUT2D eigenvalue weighted by molar-refractivity contribution is -0.127. The van der Waals surface area contributed by atoms with Gasteiger partial charge in [0.05, 0.1) is 6.67 Å². The van der Waals surface area contributed by atoms with Gasteiger partial charge in [0, 0.05) is 15.2 Å². The molecule has 0 aliphatic carbocycles. The molecule has 2 aliphatic heterocycles. The molecular weight excluding hydrogens is 172 g/mol. The third-order valence-electron chi connectivity index (χ3n) is 2.10. The van der Waals surface area contributed by atoms with Crippen LogP contribution in [0.15, 0.2) is 0 Å². The number of carbonyl (C=O) groups excluding carboxylic acids is 2. The number of rotatable bonds is 0. The van der Waals surface area contributed by atoms with Gasteiger partial charge in [0.15, 0.2) is 0 Å². The van der Waals surface area contributed by atoms with Crippen LogP contribution in [0.1, 0.15) is 8.22 Å². The van der Waals surface area contributed by atoms with Crippen LogP contribution >= 0.6 is 0 Å². The van der Waals surface area contributed by atoms with Crippen LogP contribution in [0.4, 0.5) is 4.79 Å². The summed E-state index contributed by atoms with van der Waals surface area (Å²) in [7, 11) is 0. The first-order valence-corrected chi connectivity index (χ1v) is 3.68. The lowest BCUT2D eigenvalue weighted by Crippen LogP contribution is -2.64. The highest BCUT2D eigenvalue weighted by Crippen LogP contribution is 2.16. The van der Waals surface area contributed by atoms with Crippen molar-refractivity contribution in [3.05, 3.63) is 0 Å². The minimum Gasteiger partial charge on any atom is -0.310 e. The number of carbonyl (C=O) groups is 2. The minimum atomic E-state index is -2.77. The van der Waals surface area contributed by atoms with Gasteiger partial charge in [-0.2, -0.15) is 0 Å². The Morgan fingerprint density at radius 1 is 1.54 bits per heavy atom. The first kappa shape index (κ1) is 3.93. The molecule has 6 heteroatoms. The Kier molecular flexibility index (Phi) is 0.810. The predicted molar refractivity (Wildman–Crippen MR) is 44.6 cm³/mol. The average molecular weight is 190 g/mol. The van der Waals surface area contributed by atoms with Crippen molar-refractivity contribution in [2.45, 2.75) is 12.2 Å². The van der Waals surface area contributed by atoms with E-state index >= 15 is 0 Å². The first-order valence-electron chi connectivity index (χ1n) is 6.68. The molecule has 0 aromatic heterocycles. The van der Waals surface area contributed by atoms with Crippen molar-refractivity contribution in [1.29, 1.82) is 0 Å². The van der Waals surface area contributed by atoms with Gasteiger partial charge in [0.1, 0.15) is 12.2 Å². The highest BCUT2D eigenvalue weighted by Gasteiger charge is 2.45. The standard InChI is InChI=1S/C7H12N4O2/c1-10-3-8-5-4(10)6(12)9-7(13)11(5)2/h4-5,8H,3H2,1-2H3,(H,9,12,13)/i1D3,2D3. The van der Waals surface area contributed by atoms with Crippen LogP contribution in [0.25, 0.3) is 0 Å². The van der Waals surface area contributed by atoms with Gasteiger partial charge in [-0.05, 0) is 6.98 Å². The van der Waals surface area contributed by atoms with E-state index in [0.717, 1.165) is 4.90 Å². The highest BCUT2D eigenvalue weighted by atomic mass is 16.2. The fraction of sp³-hybridized carbons (Fsp3) is 0.714. The zero-order chi connectivity index (χ0) is 14.6. The Hall–Kier alpha value is -1.14. The second-order valence-corrected chi connectivity index (χ2v) is 2.89. The van der Waals surface area contributed by atoms with Gasteiger partial charge in [-0.1, -0.05) is 0 Å². The van der Waals surface area contributed by atoms with Gasteiger partial charge in [0.25, 0.3) is 0 Å². The van der Waals surface area contributed by atoms with Crippen LogP contribution in [0, 0.1) is 0 Å². The maximum atomic E-state index is 11.7. The van der Waals surface area contributed by atoms with E-state index in [-0.39, 0.29) is 6.67 Å². The van der Waals surface area contributed by atoms with Gasteiger partial charge in [0.2, 0.25) is 5.91 Å². The Bertz CT molecular complexity index is 421. The van der Waals surface area contributed by atoms with E-state index in [0.29, 0.717) is 4.90 Å². The van der Waals surface area contributed by atoms with Gasteiger partial charge in [-0.3, -0.25) is 20.3 Å². The fourth-order valence-electron chi connectivity index (χ4n) is 1.46. The van der Waals surface area contributed by atoms with E-state index in [1.165, 1.54) is 0 Å². The molecule has 0 radical (unpaired) electrons. The number of likely N-dealkylation sites (N-methyl/N-ethyl adjacent to an activating group) is 2. The summed E-state index contributed by atoms with van der Waals surface area (Å²) >= 11 is 0. The SMILES string of the molecule is [2H]C([2H])([2H])N1CNC2C1C(=O)NC(=O)N2C([2H])([2H])[2H]. The van der Waals surface area contributed by atoms with Crippen molar-refractivity contribution in [2.24, 2.45) is 0 Å². The first-order chi connectivity index (χ1) is 8.53. The highest BCUT2D eigenvalue weighted by molar-refractivity contribution is 6.00. The Labute approximate surface area is 84.3 Å². The fourth-order valence-corrected chi connectivity index (χ4v) is 1.46. The van der Waals surface area contributed by atoms with Crippen molar-refractivity contribution in [3.8, 4) is 0 Å². The van der Waals surface area contributed by atoms with Crippen molar-refractivity contribution in [1.82, 2.24) is 20.4 Å². The zero-order valence-electron chi connectivity index (χ0n) is 12.6. The van der Waals surface area contributed by atoms with E-state index in [2.05, 4.69) is 5.32 Å². The number of nitrogens with one attached hydrogen (secondary N) is 2. The molecule has 3 amide bonds. The number of nitrogens with zero attached hydrogens (tertiary/aromatic N) is 2. The molecular formula is C7H12N4O2. The van der Waals surface area contributed by atoms with Crippen LogP contribution in [0.3, 0.4) is 0 Å². The molecule has 2 rings (SSSR count). The molecule has 72 valence electrons. The molecule has 13 heavy (non-hydrogen) atoms. The zero-order valence-corrected chi connectivity index (χ0v) is 6.57. The van der Waals surface area contributed by atoms with Crippen LogP contribution < -0.4 is 10.6 Å². The molecule has 2 saturated heterocycles. The second kappa shape index (κ2) is 2.68. The number of imide groups is 1. The monoisotopic (exact) mass is 190 g/mol. The van der Waals surface area contributed by atoms with E-state index in [1.807, 2.05) is 5.32 Å². The Morgan fingerprint density at radius 3 is 3.08 bits per heavy atom. The summed E-state index contributed by atoms with van der Waals surface area (Å²) in [4.78, 5) is 24.6. The number of amides is 3. The van der Waals surface area contributed by atoms with Crippen LogP contribution in [-0.2, 0) is 4.79 Å². The third kappa shape index (κ3) is 1.10. The predicted octanol–water partition coefficient (Wildman–Crippen LogP) is -1.64. The molecule has 6 nitrogen and oxygen atoms in total. The molecule has 0 spiro atoms. The molecule has 2 aliphatic rings. The van der Waals surface area contributed by atoms with Crippen molar-refractivity contribution < 1.29 is 17.8 Å². The number of hydrogen-bond donors (Lipinski definition) is 2. The number of urea groups is 1. The normalized spacial score (nSPS) is 43.5. The quantitative estimate of drug-likeness (QED) is 0.480. The van der Waals surface area contributed by atoms with Crippen LogP contribution in [0.2, 0.25) is 0 Å². The minimum absolute atomic E-state index is 0.209. The summed E-state index contributed by atoms with van der Waals surface area (Å²) in [6.07, 6.45) is -1.19. The molecule has 0 aromatic carbocycles. The van der Waals surface area contributed by atoms with Crippen LogP contribution in [0.5, 0.6) is 0 Å². The third-order valence-corrected chi connectivity index (χ3v) is 2.10. The number of hydrogen-bond acceptors (Lipinski definition) is 4. The topological polar surface area (TPSA) is 64.7 Å². The Balaban J connectivity index is 2.36. The summed E-state index contributed by atoms with van der Waals surface area (Å²) < 4.78 is 43.8. The van der Waals surface area contributed by atoms with E-state index in [4.69, 9.17) is 8.22 Å². The lowest BCUT2D eigenvalue weighted by Gasteiger charge is -2.34. The summed E-state index contributed by atoms with van der Waals surface area (Å²) in [5.74, 6) is -0.823. The van der Waals surface area contributed by atoms with Crippen LogP contribution in [-0.4, -0.2) is 54.6 Å². The van der Waals surface area contributed by atoms with Crippen molar-refractivity contribution in [2.75, 3.05) is 20.6 Å². The largest absolute Gasteiger partial charge is 0.325 e. The van der Waals surface area contributed by atoms with Gasteiger partial charge in [-0.15, -0.1) is 0 Å².